The van der Waals surface area contributed by atoms with Crippen LogP contribution in [0.15, 0.2) is 70.2 Å². The SMILES string of the molecule is CCOc1ccc(CC(=O)N/N=C\c2ccc(-c3ccc([N+](=O)[O-])cc3)o2)cc1. The van der Waals surface area contributed by atoms with Gasteiger partial charge in [-0.1, -0.05) is 12.1 Å². The van der Waals surface area contributed by atoms with E-state index in [1.165, 1.54) is 18.3 Å². The van der Waals surface area contributed by atoms with E-state index in [2.05, 4.69) is 10.5 Å². The van der Waals surface area contributed by atoms with E-state index in [-0.39, 0.29) is 18.0 Å². The van der Waals surface area contributed by atoms with E-state index < -0.39 is 4.92 Å². The average molecular weight is 393 g/mol. The number of hydrazone groups is 1. The number of non-ortho nitro benzene ring substituents is 1. The number of nitro benzene ring substituents is 1. The quantitative estimate of drug-likeness (QED) is 0.354. The molecule has 8 heteroatoms. The van der Waals surface area contributed by atoms with Crippen LogP contribution in [0.3, 0.4) is 0 Å². The summed E-state index contributed by atoms with van der Waals surface area (Å²) in [5.74, 6) is 1.49. The summed E-state index contributed by atoms with van der Waals surface area (Å²) in [6.45, 7) is 2.50. The molecule has 0 spiro atoms. The van der Waals surface area contributed by atoms with Crippen molar-refractivity contribution < 1.29 is 18.9 Å². The summed E-state index contributed by atoms with van der Waals surface area (Å²) in [5.41, 5.74) is 4.01. The van der Waals surface area contributed by atoms with E-state index >= 15 is 0 Å². The average Bonchev–Trinajstić information content (AvgIpc) is 3.19. The maximum Gasteiger partial charge on any atom is 0.269 e. The minimum Gasteiger partial charge on any atom is -0.494 e. The van der Waals surface area contributed by atoms with Crippen molar-refractivity contribution in [2.45, 2.75) is 13.3 Å². The highest BCUT2D eigenvalue weighted by atomic mass is 16.6. The molecule has 1 amide bonds. The number of hydrogen-bond donors (Lipinski definition) is 1. The molecule has 0 aliphatic carbocycles. The van der Waals surface area contributed by atoms with Crippen molar-refractivity contribution in [3.63, 3.8) is 0 Å². The second-order valence-corrected chi connectivity index (χ2v) is 6.05. The van der Waals surface area contributed by atoms with Gasteiger partial charge in [-0.15, -0.1) is 0 Å². The largest absolute Gasteiger partial charge is 0.494 e. The summed E-state index contributed by atoms with van der Waals surface area (Å²) in [4.78, 5) is 22.2. The number of furan rings is 1. The Morgan fingerprint density at radius 1 is 1.14 bits per heavy atom. The normalized spacial score (nSPS) is 10.8. The molecule has 1 N–H and O–H groups in total. The molecular formula is C21H19N3O5. The number of carbonyl (C=O) groups excluding carboxylic acids is 1. The summed E-state index contributed by atoms with van der Waals surface area (Å²) in [6.07, 6.45) is 1.58. The van der Waals surface area contributed by atoms with Crippen LogP contribution in [0.25, 0.3) is 11.3 Å². The first-order chi connectivity index (χ1) is 14.0. The van der Waals surface area contributed by atoms with Gasteiger partial charge in [-0.2, -0.15) is 5.10 Å². The lowest BCUT2D eigenvalue weighted by Crippen LogP contribution is -2.19. The van der Waals surface area contributed by atoms with E-state index in [1.807, 2.05) is 31.2 Å². The van der Waals surface area contributed by atoms with E-state index in [0.29, 0.717) is 23.7 Å². The zero-order valence-electron chi connectivity index (χ0n) is 15.7. The number of rotatable bonds is 8. The van der Waals surface area contributed by atoms with Gasteiger partial charge in [-0.05, 0) is 48.9 Å². The van der Waals surface area contributed by atoms with E-state index in [4.69, 9.17) is 9.15 Å². The lowest BCUT2D eigenvalue weighted by atomic mass is 10.1. The van der Waals surface area contributed by atoms with Crippen molar-refractivity contribution in [3.8, 4) is 17.1 Å². The second-order valence-electron chi connectivity index (χ2n) is 6.05. The Kier molecular flexibility index (Phi) is 6.36. The second kappa shape index (κ2) is 9.32. The zero-order valence-corrected chi connectivity index (χ0v) is 15.7. The van der Waals surface area contributed by atoms with Crippen molar-refractivity contribution >= 4 is 17.8 Å². The highest BCUT2D eigenvalue weighted by Gasteiger charge is 2.08. The van der Waals surface area contributed by atoms with Crippen LogP contribution >= 0.6 is 0 Å². The zero-order chi connectivity index (χ0) is 20.6. The van der Waals surface area contributed by atoms with Gasteiger partial charge in [0, 0.05) is 17.7 Å². The predicted octanol–water partition coefficient (Wildman–Crippen LogP) is 3.95. The van der Waals surface area contributed by atoms with Crippen LogP contribution in [-0.2, 0) is 11.2 Å². The van der Waals surface area contributed by atoms with Crippen molar-refractivity contribution in [2.24, 2.45) is 5.10 Å². The molecular weight excluding hydrogens is 374 g/mol. The van der Waals surface area contributed by atoms with Crippen LogP contribution in [-0.4, -0.2) is 23.7 Å². The summed E-state index contributed by atoms with van der Waals surface area (Å²) in [7, 11) is 0. The van der Waals surface area contributed by atoms with Gasteiger partial charge < -0.3 is 9.15 Å². The van der Waals surface area contributed by atoms with Crippen LogP contribution in [0.5, 0.6) is 5.75 Å². The van der Waals surface area contributed by atoms with Gasteiger partial charge in [-0.25, -0.2) is 5.43 Å². The fourth-order valence-electron chi connectivity index (χ4n) is 2.59. The van der Waals surface area contributed by atoms with Crippen LogP contribution in [0.4, 0.5) is 5.69 Å². The minimum absolute atomic E-state index is 0.0114. The van der Waals surface area contributed by atoms with Gasteiger partial charge in [0.1, 0.15) is 17.3 Å². The Hall–Kier alpha value is -3.94. The van der Waals surface area contributed by atoms with Crippen molar-refractivity contribution in [1.82, 2.24) is 5.43 Å². The lowest BCUT2D eigenvalue weighted by Gasteiger charge is -2.04. The Balaban J connectivity index is 1.54. The molecule has 0 saturated heterocycles. The number of ether oxygens (including phenoxy) is 1. The van der Waals surface area contributed by atoms with Gasteiger partial charge in [-0.3, -0.25) is 14.9 Å². The number of nitro groups is 1. The third-order valence-corrected chi connectivity index (χ3v) is 3.97. The third kappa shape index (κ3) is 5.52. The third-order valence-electron chi connectivity index (χ3n) is 3.97. The fourth-order valence-corrected chi connectivity index (χ4v) is 2.59. The molecule has 3 rings (SSSR count). The number of hydrogen-bond acceptors (Lipinski definition) is 6. The van der Waals surface area contributed by atoms with Gasteiger partial charge in [0.05, 0.1) is 24.2 Å². The van der Waals surface area contributed by atoms with E-state index in [9.17, 15) is 14.9 Å². The lowest BCUT2D eigenvalue weighted by molar-refractivity contribution is -0.384. The molecule has 0 atom stereocenters. The van der Waals surface area contributed by atoms with Gasteiger partial charge in [0.25, 0.3) is 5.69 Å². The fraction of sp³-hybridized carbons (Fsp3) is 0.143. The highest BCUT2D eigenvalue weighted by Crippen LogP contribution is 2.24. The molecule has 1 aromatic heterocycles. The molecule has 0 aliphatic rings. The van der Waals surface area contributed by atoms with Gasteiger partial charge >= 0.3 is 0 Å². The molecule has 0 radical (unpaired) electrons. The first-order valence-corrected chi connectivity index (χ1v) is 8.93. The number of amides is 1. The molecule has 0 unspecified atom stereocenters. The maximum atomic E-state index is 12.0. The number of carbonyl (C=O) groups is 1. The minimum atomic E-state index is -0.458. The molecule has 29 heavy (non-hydrogen) atoms. The maximum absolute atomic E-state index is 12.0. The van der Waals surface area contributed by atoms with Crippen molar-refractivity contribution in [3.05, 3.63) is 82.1 Å². The van der Waals surface area contributed by atoms with E-state index in [0.717, 1.165) is 11.3 Å². The smallest absolute Gasteiger partial charge is 0.269 e. The van der Waals surface area contributed by atoms with Crippen LogP contribution in [0.2, 0.25) is 0 Å². The Bertz CT molecular complexity index is 1010. The number of nitrogens with zero attached hydrogens (tertiary/aromatic N) is 2. The number of nitrogens with one attached hydrogen (secondary N) is 1. The molecule has 148 valence electrons. The summed E-state index contributed by atoms with van der Waals surface area (Å²) < 4.78 is 11.0. The molecule has 0 aliphatic heterocycles. The van der Waals surface area contributed by atoms with Crippen molar-refractivity contribution in [1.29, 1.82) is 0 Å². The molecule has 1 heterocycles. The first kappa shape index (κ1) is 19.8. The number of benzene rings is 2. The molecule has 0 bridgehead atoms. The standard InChI is InChI=1S/C21H19N3O5/c1-2-28-18-9-3-15(4-10-18)13-21(25)23-22-14-19-11-12-20(29-19)16-5-7-17(8-6-16)24(26)27/h3-12,14H,2,13H2,1H3,(H,23,25)/b22-14-. The molecule has 0 fully saturated rings. The topological polar surface area (TPSA) is 107 Å². The molecule has 2 aromatic carbocycles. The molecule has 8 nitrogen and oxygen atoms in total. The first-order valence-electron chi connectivity index (χ1n) is 8.93. The Labute approximate surface area is 167 Å². The van der Waals surface area contributed by atoms with Crippen LogP contribution in [0, 0.1) is 10.1 Å². The summed E-state index contributed by atoms with van der Waals surface area (Å²) in [6, 6.07) is 16.8. The Morgan fingerprint density at radius 2 is 1.86 bits per heavy atom. The van der Waals surface area contributed by atoms with Gasteiger partial charge in [0.15, 0.2) is 0 Å². The van der Waals surface area contributed by atoms with E-state index in [1.54, 1.807) is 24.3 Å². The van der Waals surface area contributed by atoms with Gasteiger partial charge in [0.2, 0.25) is 5.91 Å². The predicted molar refractivity (Wildman–Crippen MR) is 108 cm³/mol. The Morgan fingerprint density at radius 3 is 2.52 bits per heavy atom. The molecule has 0 saturated carbocycles. The van der Waals surface area contributed by atoms with Crippen LogP contribution < -0.4 is 10.2 Å². The monoisotopic (exact) mass is 393 g/mol. The summed E-state index contributed by atoms with van der Waals surface area (Å²) >= 11 is 0. The summed E-state index contributed by atoms with van der Waals surface area (Å²) in [5, 5.41) is 14.6. The highest BCUT2D eigenvalue weighted by molar-refractivity contribution is 5.82. The van der Waals surface area contributed by atoms with Crippen LogP contribution in [0.1, 0.15) is 18.2 Å². The van der Waals surface area contributed by atoms with Crippen molar-refractivity contribution in [2.75, 3.05) is 6.61 Å². The molecule has 3 aromatic rings.